The van der Waals surface area contributed by atoms with Gasteiger partial charge in [0.1, 0.15) is 18.0 Å². The van der Waals surface area contributed by atoms with Crippen LogP contribution in [-0.2, 0) is 0 Å². The molecular formula is C16H28N4. The molecule has 1 aromatic rings. The van der Waals surface area contributed by atoms with Crippen LogP contribution in [0.2, 0.25) is 0 Å². The van der Waals surface area contributed by atoms with Crippen LogP contribution in [-0.4, -0.2) is 23.6 Å². The highest BCUT2D eigenvalue weighted by Gasteiger charge is 2.34. The second-order valence-electron chi connectivity index (χ2n) is 6.60. The fourth-order valence-corrected chi connectivity index (χ4v) is 3.60. The average molecular weight is 276 g/mol. The van der Waals surface area contributed by atoms with Gasteiger partial charge in [-0.25, -0.2) is 9.97 Å². The molecule has 0 aliphatic heterocycles. The first-order valence-corrected chi connectivity index (χ1v) is 7.79. The minimum Gasteiger partial charge on any atom is -0.373 e. The third-order valence-electron chi connectivity index (χ3n) is 4.46. The average Bonchev–Trinajstić information content (AvgIpc) is 2.85. The molecule has 1 aliphatic rings. The Kier molecular flexibility index (Phi) is 4.84. The van der Waals surface area contributed by atoms with Gasteiger partial charge >= 0.3 is 0 Å². The summed E-state index contributed by atoms with van der Waals surface area (Å²) < 4.78 is 0. The predicted octanol–water partition coefficient (Wildman–Crippen LogP) is 3.85. The van der Waals surface area contributed by atoms with Crippen molar-refractivity contribution in [3.05, 3.63) is 11.9 Å². The molecule has 1 aromatic heterocycles. The van der Waals surface area contributed by atoms with E-state index in [0.717, 1.165) is 29.7 Å². The molecule has 112 valence electrons. The van der Waals surface area contributed by atoms with Crippen LogP contribution in [0, 0.1) is 18.3 Å². The van der Waals surface area contributed by atoms with Crippen molar-refractivity contribution < 1.29 is 0 Å². The summed E-state index contributed by atoms with van der Waals surface area (Å²) in [6.07, 6.45) is 8.38. The first kappa shape index (κ1) is 15.1. The number of anilines is 2. The molecule has 1 saturated carbocycles. The molecule has 0 atom stereocenters. The Hall–Kier alpha value is -1.32. The van der Waals surface area contributed by atoms with Gasteiger partial charge in [0.05, 0.1) is 0 Å². The van der Waals surface area contributed by atoms with Crippen LogP contribution in [0.25, 0.3) is 0 Å². The minimum atomic E-state index is 0.464. The minimum absolute atomic E-state index is 0.464. The number of nitrogens with one attached hydrogen (secondary N) is 2. The molecule has 1 fully saturated rings. The molecule has 1 aliphatic carbocycles. The highest BCUT2D eigenvalue weighted by Crippen LogP contribution is 2.43. The molecule has 0 unspecified atom stereocenters. The molecule has 0 radical (unpaired) electrons. The summed E-state index contributed by atoms with van der Waals surface area (Å²) in [6, 6.07) is 0. The van der Waals surface area contributed by atoms with E-state index in [-0.39, 0.29) is 0 Å². The zero-order valence-corrected chi connectivity index (χ0v) is 13.3. The van der Waals surface area contributed by atoms with Gasteiger partial charge in [-0.2, -0.15) is 0 Å². The largest absolute Gasteiger partial charge is 0.373 e. The molecule has 0 amide bonds. The first-order chi connectivity index (χ1) is 9.56. The topological polar surface area (TPSA) is 49.8 Å². The lowest BCUT2D eigenvalue weighted by Crippen LogP contribution is -2.29. The van der Waals surface area contributed by atoms with E-state index in [0.29, 0.717) is 5.41 Å². The van der Waals surface area contributed by atoms with Crippen molar-refractivity contribution in [3.8, 4) is 0 Å². The highest BCUT2D eigenvalue weighted by molar-refractivity contribution is 5.56. The second kappa shape index (κ2) is 6.42. The Morgan fingerprint density at radius 3 is 2.45 bits per heavy atom. The molecule has 1 heterocycles. The lowest BCUT2D eigenvalue weighted by molar-refractivity contribution is 0.252. The van der Waals surface area contributed by atoms with Crippen LogP contribution in [0.15, 0.2) is 6.33 Å². The van der Waals surface area contributed by atoms with Crippen molar-refractivity contribution >= 4 is 11.6 Å². The second-order valence-corrected chi connectivity index (χ2v) is 6.60. The van der Waals surface area contributed by atoms with Gasteiger partial charge in [0.15, 0.2) is 0 Å². The Morgan fingerprint density at radius 2 is 1.85 bits per heavy atom. The predicted molar refractivity (Wildman–Crippen MR) is 85.2 cm³/mol. The SMILES string of the molecule is CNc1ncnc(NCC2(CC(C)C)CCCC2)c1C. The molecule has 2 rings (SSSR count). The maximum Gasteiger partial charge on any atom is 0.134 e. The smallest absolute Gasteiger partial charge is 0.134 e. The maximum atomic E-state index is 4.40. The Balaban J connectivity index is 2.06. The summed E-state index contributed by atoms with van der Waals surface area (Å²) in [5, 5.41) is 6.70. The van der Waals surface area contributed by atoms with Crippen LogP contribution >= 0.6 is 0 Å². The summed E-state index contributed by atoms with van der Waals surface area (Å²) in [4.78, 5) is 8.64. The monoisotopic (exact) mass is 276 g/mol. The summed E-state index contributed by atoms with van der Waals surface area (Å²) in [5.74, 6) is 2.64. The van der Waals surface area contributed by atoms with Gasteiger partial charge in [0.2, 0.25) is 0 Å². The summed E-state index contributed by atoms with van der Waals surface area (Å²) in [6.45, 7) is 7.76. The molecule has 4 heteroatoms. The Bertz CT molecular complexity index is 436. The van der Waals surface area contributed by atoms with Crippen molar-refractivity contribution in [3.63, 3.8) is 0 Å². The molecule has 0 saturated heterocycles. The molecule has 20 heavy (non-hydrogen) atoms. The number of nitrogens with zero attached hydrogens (tertiary/aromatic N) is 2. The van der Waals surface area contributed by atoms with Crippen LogP contribution < -0.4 is 10.6 Å². The number of hydrogen-bond donors (Lipinski definition) is 2. The standard InChI is InChI=1S/C16H28N4/c1-12(2)9-16(7-5-6-8-16)10-18-15-13(3)14(17-4)19-11-20-15/h11-12H,5-10H2,1-4H3,(H2,17,18,19,20). The van der Waals surface area contributed by atoms with E-state index in [9.17, 15) is 0 Å². The van der Waals surface area contributed by atoms with Gasteiger partial charge in [0.25, 0.3) is 0 Å². The van der Waals surface area contributed by atoms with Gasteiger partial charge < -0.3 is 10.6 Å². The molecular weight excluding hydrogens is 248 g/mol. The normalized spacial score (nSPS) is 17.4. The van der Waals surface area contributed by atoms with Crippen molar-refractivity contribution in [2.24, 2.45) is 11.3 Å². The molecule has 2 N–H and O–H groups in total. The van der Waals surface area contributed by atoms with E-state index in [1.807, 2.05) is 7.05 Å². The molecule has 0 bridgehead atoms. The molecule has 4 nitrogen and oxygen atoms in total. The van der Waals surface area contributed by atoms with Crippen molar-refractivity contribution in [2.45, 2.75) is 52.9 Å². The van der Waals surface area contributed by atoms with Gasteiger partial charge in [-0.05, 0) is 37.5 Å². The fourth-order valence-electron chi connectivity index (χ4n) is 3.60. The van der Waals surface area contributed by atoms with Crippen molar-refractivity contribution in [2.75, 3.05) is 24.2 Å². The number of rotatable bonds is 6. The highest BCUT2D eigenvalue weighted by atomic mass is 15.1. The molecule has 0 aromatic carbocycles. The van der Waals surface area contributed by atoms with Gasteiger partial charge in [-0.3, -0.25) is 0 Å². The third-order valence-corrected chi connectivity index (χ3v) is 4.46. The van der Waals surface area contributed by atoms with Crippen LogP contribution in [0.1, 0.15) is 51.5 Å². The van der Waals surface area contributed by atoms with E-state index in [4.69, 9.17) is 0 Å². The molecule has 0 spiro atoms. The van der Waals surface area contributed by atoms with E-state index < -0.39 is 0 Å². The van der Waals surface area contributed by atoms with Crippen molar-refractivity contribution in [1.82, 2.24) is 9.97 Å². The maximum absolute atomic E-state index is 4.40. The van der Waals surface area contributed by atoms with E-state index in [1.54, 1.807) is 6.33 Å². The van der Waals surface area contributed by atoms with Gasteiger partial charge in [-0.1, -0.05) is 26.7 Å². The zero-order valence-electron chi connectivity index (χ0n) is 13.3. The summed E-state index contributed by atoms with van der Waals surface area (Å²) in [7, 11) is 1.90. The number of hydrogen-bond acceptors (Lipinski definition) is 4. The van der Waals surface area contributed by atoms with E-state index in [2.05, 4.69) is 41.4 Å². The van der Waals surface area contributed by atoms with Gasteiger partial charge in [-0.15, -0.1) is 0 Å². The van der Waals surface area contributed by atoms with Crippen LogP contribution in [0.5, 0.6) is 0 Å². The van der Waals surface area contributed by atoms with Crippen LogP contribution in [0.4, 0.5) is 11.6 Å². The van der Waals surface area contributed by atoms with Gasteiger partial charge in [0, 0.05) is 19.2 Å². The summed E-state index contributed by atoms with van der Waals surface area (Å²) in [5.41, 5.74) is 1.57. The Labute approximate surface area is 122 Å². The van der Waals surface area contributed by atoms with E-state index >= 15 is 0 Å². The quantitative estimate of drug-likeness (QED) is 0.828. The third kappa shape index (κ3) is 3.41. The first-order valence-electron chi connectivity index (χ1n) is 7.79. The summed E-state index contributed by atoms with van der Waals surface area (Å²) >= 11 is 0. The lowest BCUT2D eigenvalue weighted by atomic mass is 9.78. The zero-order chi connectivity index (χ0) is 14.6. The lowest BCUT2D eigenvalue weighted by Gasteiger charge is -2.31. The number of aromatic nitrogens is 2. The van der Waals surface area contributed by atoms with E-state index in [1.165, 1.54) is 32.1 Å². The van der Waals surface area contributed by atoms with Crippen molar-refractivity contribution in [1.29, 1.82) is 0 Å². The van der Waals surface area contributed by atoms with Crippen LogP contribution in [0.3, 0.4) is 0 Å². The Morgan fingerprint density at radius 1 is 1.20 bits per heavy atom. The fraction of sp³-hybridized carbons (Fsp3) is 0.750.